The van der Waals surface area contributed by atoms with Crippen molar-refractivity contribution in [2.24, 2.45) is 0 Å². The highest BCUT2D eigenvalue weighted by Crippen LogP contribution is 2.23. The zero-order chi connectivity index (χ0) is 16.9. The van der Waals surface area contributed by atoms with Crippen molar-refractivity contribution in [2.75, 3.05) is 25.0 Å². The van der Waals surface area contributed by atoms with E-state index in [4.69, 9.17) is 4.74 Å². The third kappa shape index (κ3) is 5.52. The molecule has 0 aromatic carbocycles. The Bertz CT molecular complexity index is 638. The number of amides is 1. The van der Waals surface area contributed by atoms with Gasteiger partial charge in [-0.05, 0) is 38.3 Å². The third-order valence-corrected chi connectivity index (χ3v) is 3.77. The van der Waals surface area contributed by atoms with Gasteiger partial charge < -0.3 is 15.0 Å². The van der Waals surface area contributed by atoms with Crippen LogP contribution < -0.4 is 10.2 Å². The highest BCUT2D eigenvalue weighted by Gasteiger charge is 2.16. The van der Waals surface area contributed by atoms with Crippen LogP contribution in [0.3, 0.4) is 0 Å². The molecule has 2 heterocycles. The first-order valence-electron chi connectivity index (χ1n) is 7.40. The molecule has 0 aliphatic heterocycles. The van der Waals surface area contributed by atoms with Gasteiger partial charge in [0.25, 0.3) is 0 Å². The van der Waals surface area contributed by atoms with E-state index in [1.54, 1.807) is 17.5 Å². The zero-order valence-corrected chi connectivity index (χ0v) is 14.7. The van der Waals surface area contributed by atoms with Crippen LogP contribution in [0.25, 0.3) is 10.6 Å². The summed E-state index contributed by atoms with van der Waals surface area (Å²) in [7, 11) is 1.89. The van der Waals surface area contributed by atoms with Crippen molar-refractivity contribution in [3.8, 4) is 10.6 Å². The number of hydrogen-bond acceptors (Lipinski definition) is 6. The van der Waals surface area contributed by atoms with Crippen LogP contribution in [-0.2, 0) is 4.74 Å². The monoisotopic (exact) mass is 334 g/mol. The lowest BCUT2D eigenvalue weighted by atomic mass is 10.2. The van der Waals surface area contributed by atoms with E-state index in [0.717, 1.165) is 10.6 Å². The first-order valence-corrected chi connectivity index (χ1v) is 8.28. The van der Waals surface area contributed by atoms with Crippen molar-refractivity contribution in [2.45, 2.75) is 26.4 Å². The Hall–Kier alpha value is -2.15. The number of ether oxygens (including phenoxy) is 1. The molecule has 7 heteroatoms. The average Bonchev–Trinajstić information content (AvgIpc) is 2.99. The molecule has 2 aromatic heterocycles. The number of carbonyl (C=O) groups excluding carboxylic acids is 1. The standard InChI is InChI=1S/C16H22N4O2S/c1-16(2,3)22-15(21)18-9-10-20(4)14-17-8-7-12(19-14)13-6-5-11-23-13/h5-8,11H,9-10H2,1-4H3,(H,18,21). The molecule has 124 valence electrons. The predicted molar refractivity (Wildman–Crippen MR) is 92.9 cm³/mol. The van der Waals surface area contributed by atoms with Gasteiger partial charge in [-0.3, -0.25) is 0 Å². The van der Waals surface area contributed by atoms with E-state index in [9.17, 15) is 4.79 Å². The van der Waals surface area contributed by atoms with Gasteiger partial charge in [0.2, 0.25) is 5.95 Å². The molecule has 2 aromatic rings. The van der Waals surface area contributed by atoms with Crippen LogP contribution in [0.5, 0.6) is 0 Å². The van der Waals surface area contributed by atoms with Gasteiger partial charge in [-0.15, -0.1) is 11.3 Å². The molecule has 6 nitrogen and oxygen atoms in total. The summed E-state index contributed by atoms with van der Waals surface area (Å²) in [6.45, 7) is 6.55. The summed E-state index contributed by atoms with van der Waals surface area (Å²) in [5.41, 5.74) is 0.408. The summed E-state index contributed by atoms with van der Waals surface area (Å²) in [6.07, 6.45) is 1.33. The number of anilines is 1. The van der Waals surface area contributed by atoms with E-state index in [1.807, 2.05) is 56.3 Å². The number of thiophene rings is 1. The number of aromatic nitrogens is 2. The molecule has 2 rings (SSSR count). The summed E-state index contributed by atoms with van der Waals surface area (Å²) in [6, 6.07) is 5.92. The first-order chi connectivity index (χ1) is 10.8. The molecule has 0 saturated heterocycles. The Morgan fingerprint density at radius 3 is 2.83 bits per heavy atom. The smallest absolute Gasteiger partial charge is 0.407 e. The molecule has 0 unspecified atom stereocenters. The minimum atomic E-state index is -0.492. The number of hydrogen-bond donors (Lipinski definition) is 1. The van der Waals surface area contributed by atoms with Gasteiger partial charge in [-0.1, -0.05) is 6.07 Å². The van der Waals surface area contributed by atoms with Crippen LogP contribution in [0, 0.1) is 0 Å². The molecule has 0 bridgehead atoms. The highest BCUT2D eigenvalue weighted by atomic mass is 32.1. The second-order valence-electron chi connectivity index (χ2n) is 6.07. The zero-order valence-electron chi connectivity index (χ0n) is 13.9. The molecule has 23 heavy (non-hydrogen) atoms. The Kier molecular flexibility index (Phi) is 5.54. The van der Waals surface area contributed by atoms with Crippen molar-refractivity contribution >= 4 is 23.4 Å². The lowest BCUT2D eigenvalue weighted by Gasteiger charge is -2.21. The Balaban J connectivity index is 1.88. The predicted octanol–water partition coefficient (Wildman–Crippen LogP) is 3.17. The fourth-order valence-electron chi connectivity index (χ4n) is 1.83. The van der Waals surface area contributed by atoms with E-state index in [2.05, 4.69) is 15.3 Å². The minimum Gasteiger partial charge on any atom is -0.444 e. The van der Waals surface area contributed by atoms with E-state index < -0.39 is 11.7 Å². The first kappa shape index (κ1) is 17.2. The Morgan fingerprint density at radius 1 is 1.39 bits per heavy atom. The van der Waals surface area contributed by atoms with Gasteiger partial charge in [0, 0.05) is 26.3 Å². The van der Waals surface area contributed by atoms with Crippen molar-refractivity contribution in [1.29, 1.82) is 0 Å². The third-order valence-electron chi connectivity index (χ3n) is 2.87. The van der Waals surface area contributed by atoms with Gasteiger partial charge >= 0.3 is 6.09 Å². The topological polar surface area (TPSA) is 67.4 Å². The molecular weight excluding hydrogens is 312 g/mol. The maximum absolute atomic E-state index is 11.6. The molecule has 0 saturated carbocycles. The molecule has 0 fully saturated rings. The van der Waals surface area contributed by atoms with Crippen molar-refractivity contribution in [3.63, 3.8) is 0 Å². The maximum Gasteiger partial charge on any atom is 0.407 e. The fourth-order valence-corrected chi connectivity index (χ4v) is 2.53. The number of rotatable bonds is 5. The second kappa shape index (κ2) is 7.41. The molecule has 0 radical (unpaired) electrons. The Morgan fingerprint density at radius 2 is 2.17 bits per heavy atom. The normalized spacial score (nSPS) is 11.1. The summed E-state index contributed by atoms with van der Waals surface area (Å²) >= 11 is 1.64. The number of carbonyl (C=O) groups is 1. The highest BCUT2D eigenvalue weighted by molar-refractivity contribution is 7.13. The largest absolute Gasteiger partial charge is 0.444 e. The van der Waals surface area contributed by atoms with E-state index >= 15 is 0 Å². The SMILES string of the molecule is CN(CCNC(=O)OC(C)(C)C)c1nccc(-c2cccs2)n1. The lowest BCUT2D eigenvalue weighted by molar-refractivity contribution is 0.0529. The summed E-state index contributed by atoms with van der Waals surface area (Å²) in [5.74, 6) is 0.627. The van der Waals surface area contributed by atoms with E-state index in [0.29, 0.717) is 19.0 Å². The van der Waals surface area contributed by atoms with Crippen LogP contribution in [0.15, 0.2) is 29.8 Å². The molecule has 0 aliphatic carbocycles. The Labute approximate surface area is 140 Å². The molecule has 1 N–H and O–H groups in total. The van der Waals surface area contributed by atoms with Crippen molar-refractivity contribution < 1.29 is 9.53 Å². The molecular formula is C16H22N4O2S. The van der Waals surface area contributed by atoms with Crippen molar-refractivity contribution in [1.82, 2.24) is 15.3 Å². The number of nitrogens with one attached hydrogen (secondary N) is 1. The van der Waals surface area contributed by atoms with Gasteiger partial charge in [0.1, 0.15) is 5.60 Å². The van der Waals surface area contributed by atoms with Gasteiger partial charge in [0.15, 0.2) is 0 Å². The number of nitrogens with zero attached hydrogens (tertiary/aromatic N) is 3. The van der Waals surface area contributed by atoms with Crippen LogP contribution in [0.2, 0.25) is 0 Å². The van der Waals surface area contributed by atoms with Gasteiger partial charge in [0.05, 0.1) is 10.6 Å². The minimum absolute atomic E-state index is 0.417. The number of alkyl carbamates (subject to hydrolysis) is 1. The van der Waals surface area contributed by atoms with Gasteiger partial charge in [-0.25, -0.2) is 14.8 Å². The summed E-state index contributed by atoms with van der Waals surface area (Å²) in [4.78, 5) is 23.4. The summed E-state index contributed by atoms with van der Waals surface area (Å²) in [5, 5.41) is 4.75. The summed E-state index contributed by atoms with van der Waals surface area (Å²) < 4.78 is 5.19. The van der Waals surface area contributed by atoms with E-state index in [1.165, 1.54) is 0 Å². The van der Waals surface area contributed by atoms with E-state index in [-0.39, 0.29) is 0 Å². The van der Waals surface area contributed by atoms with Crippen LogP contribution in [0.4, 0.5) is 10.7 Å². The molecule has 1 amide bonds. The van der Waals surface area contributed by atoms with Crippen LogP contribution in [-0.4, -0.2) is 41.8 Å². The molecule has 0 spiro atoms. The van der Waals surface area contributed by atoms with Gasteiger partial charge in [-0.2, -0.15) is 0 Å². The second-order valence-corrected chi connectivity index (χ2v) is 7.02. The van der Waals surface area contributed by atoms with Crippen LogP contribution in [0.1, 0.15) is 20.8 Å². The quantitative estimate of drug-likeness (QED) is 0.910. The molecule has 0 aliphatic rings. The van der Waals surface area contributed by atoms with Crippen molar-refractivity contribution in [3.05, 3.63) is 29.8 Å². The fraction of sp³-hybridized carbons (Fsp3) is 0.438. The van der Waals surface area contributed by atoms with Crippen LogP contribution >= 0.6 is 11.3 Å². The average molecular weight is 334 g/mol. The number of likely N-dealkylation sites (N-methyl/N-ethyl adjacent to an activating group) is 1. The molecule has 0 atom stereocenters. The maximum atomic E-state index is 11.6. The lowest BCUT2D eigenvalue weighted by Crippen LogP contribution is -2.37.